The zero-order valence-corrected chi connectivity index (χ0v) is 19.4. The van der Waals surface area contributed by atoms with Gasteiger partial charge >= 0.3 is 5.97 Å². The molecule has 4 atom stereocenters. The number of para-hydroxylation sites is 1. The monoisotopic (exact) mass is 479 g/mol. The van der Waals surface area contributed by atoms with Gasteiger partial charge in [0, 0.05) is 11.6 Å². The first kappa shape index (κ1) is 21.3. The Bertz CT molecular complexity index is 1310. The number of hydrogen-bond donors (Lipinski definition) is 1. The number of imide groups is 1. The molecule has 3 fully saturated rings. The summed E-state index contributed by atoms with van der Waals surface area (Å²) in [5.74, 6) is -3.47. The van der Waals surface area contributed by atoms with Crippen LogP contribution in [0.4, 0.5) is 11.4 Å². The summed E-state index contributed by atoms with van der Waals surface area (Å²) >= 11 is 6.50. The van der Waals surface area contributed by atoms with E-state index in [0.29, 0.717) is 29.2 Å². The molecule has 0 aromatic heterocycles. The lowest BCUT2D eigenvalue weighted by Gasteiger charge is -2.37. The summed E-state index contributed by atoms with van der Waals surface area (Å²) in [6.45, 7) is 2.49. The first-order valence-electron chi connectivity index (χ1n) is 11.3. The fourth-order valence-electron chi connectivity index (χ4n) is 6.58. The number of methoxy groups -OCH3 is 1. The van der Waals surface area contributed by atoms with Crippen molar-refractivity contribution in [3.8, 4) is 0 Å². The standard InChI is InChI=1S/C25H22ClN3O5/c1-12-10-14-20(15(26)11-12)27-24(33)25(14)19-18(17-8-5-9-28(17)25)21(30)29(22(19)31)16-7-4-3-6-13(16)23(32)34-2/h3-4,6-7,10-11,17-19H,5,8-9H2,1-2H3,(H,27,33)/t17-,18+,19-,25+/m0/s1. The second-order valence-electron chi connectivity index (χ2n) is 9.32. The molecule has 0 unspecified atom stereocenters. The van der Waals surface area contributed by atoms with E-state index in [1.807, 2.05) is 17.9 Å². The molecule has 174 valence electrons. The van der Waals surface area contributed by atoms with Crippen molar-refractivity contribution in [1.29, 1.82) is 0 Å². The van der Waals surface area contributed by atoms with Crippen molar-refractivity contribution in [1.82, 2.24) is 4.90 Å². The number of carbonyl (C=O) groups is 4. The Balaban J connectivity index is 1.57. The van der Waals surface area contributed by atoms with Crippen LogP contribution in [0.25, 0.3) is 0 Å². The van der Waals surface area contributed by atoms with Crippen LogP contribution in [0.5, 0.6) is 0 Å². The minimum Gasteiger partial charge on any atom is -0.465 e. The Labute approximate surface area is 200 Å². The SMILES string of the molecule is COC(=O)c1ccccc1N1C(=O)[C@H]2[C@@H](C1=O)[C@]1(C(=O)Nc3c(Cl)cc(C)cc31)N1CCC[C@@H]21. The Kier molecular flexibility index (Phi) is 4.47. The highest BCUT2D eigenvalue weighted by Crippen LogP contribution is 2.61. The molecule has 0 bridgehead atoms. The molecule has 3 amide bonds. The molecule has 2 aromatic rings. The van der Waals surface area contributed by atoms with Crippen molar-refractivity contribution in [2.75, 3.05) is 23.9 Å². The molecule has 2 aromatic carbocycles. The van der Waals surface area contributed by atoms with Gasteiger partial charge in [-0.3, -0.25) is 19.3 Å². The van der Waals surface area contributed by atoms with Crippen molar-refractivity contribution in [2.24, 2.45) is 11.8 Å². The summed E-state index contributed by atoms with van der Waals surface area (Å²) in [5, 5.41) is 3.32. The number of hydrogen-bond acceptors (Lipinski definition) is 6. The van der Waals surface area contributed by atoms with E-state index in [9.17, 15) is 19.2 Å². The molecular weight excluding hydrogens is 458 g/mol. The van der Waals surface area contributed by atoms with Crippen molar-refractivity contribution in [3.05, 3.63) is 58.1 Å². The average molecular weight is 480 g/mol. The van der Waals surface area contributed by atoms with Gasteiger partial charge in [-0.05, 0) is 50.1 Å². The van der Waals surface area contributed by atoms with Gasteiger partial charge in [0.1, 0.15) is 5.54 Å². The number of benzene rings is 2. The van der Waals surface area contributed by atoms with Gasteiger partial charge in [-0.1, -0.05) is 29.8 Å². The fraction of sp³-hybridized carbons (Fsp3) is 0.360. The van der Waals surface area contributed by atoms with Crippen molar-refractivity contribution < 1.29 is 23.9 Å². The van der Waals surface area contributed by atoms with Crippen LogP contribution in [0, 0.1) is 18.8 Å². The zero-order valence-electron chi connectivity index (χ0n) is 18.6. The molecule has 0 radical (unpaired) electrons. The lowest BCUT2D eigenvalue weighted by Crippen LogP contribution is -2.54. The van der Waals surface area contributed by atoms with Crippen LogP contribution in [0.15, 0.2) is 36.4 Å². The second kappa shape index (κ2) is 7.13. The number of nitrogens with one attached hydrogen (secondary N) is 1. The Hall–Kier alpha value is -3.23. The number of nitrogens with zero attached hydrogens (tertiary/aromatic N) is 2. The summed E-state index contributed by atoms with van der Waals surface area (Å²) < 4.78 is 4.88. The van der Waals surface area contributed by atoms with Gasteiger partial charge in [-0.25, -0.2) is 9.69 Å². The maximum atomic E-state index is 14.1. The molecule has 9 heteroatoms. The van der Waals surface area contributed by atoms with Crippen LogP contribution >= 0.6 is 11.6 Å². The number of amides is 3. The molecule has 6 rings (SSSR count). The normalized spacial score (nSPS) is 29.4. The summed E-state index contributed by atoms with van der Waals surface area (Å²) in [5.41, 5.74) is 0.990. The number of fused-ring (bicyclic) bond motifs is 7. The molecule has 0 saturated carbocycles. The minimum absolute atomic E-state index is 0.124. The van der Waals surface area contributed by atoms with Gasteiger partial charge in [0.05, 0.1) is 40.9 Å². The maximum Gasteiger partial charge on any atom is 0.339 e. The Morgan fingerprint density at radius 3 is 2.71 bits per heavy atom. The topological polar surface area (TPSA) is 96.0 Å². The van der Waals surface area contributed by atoms with Crippen LogP contribution in [-0.4, -0.2) is 48.3 Å². The van der Waals surface area contributed by atoms with E-state index in [0.717, 1.165) is 16.9 Å². The van der Waals surface area contributed by atoms with Crippen LogP contribution in [-0.2, 0) is 24.7 Å². The molecule has 3 saturated heterocycles. The molecule has 0 aliphatic carbocycles. The summed E-state index contributed by atoms with van der Waals surface area (Å²) in [4.78, 5) is 57.3. The van der Waals surface area contributed by atoms with Crippen LogP contribution < -0.4 is 10.2 Å². The lowest BCUT2D eigenvalue weighted by atomic mass is 9.75. The third-order valence-electron chi connectivity index (χ3n) is 7.75. The van der Waals surface area contributed by atoms with Gasteiger partial charge in [0.25, 0.3) is 5.91 Å². The molecule has 34 heavy (non-hydrogen) atoms. The number of anilines is 2. The number of aryl methyl sites for hydroxylation is 1. The predicted octanol–water partition coefficient (Wildman–Crippen LogP) is 2.87. The third kappa shape index (κ3) is 2.42. The summed E-state index contributed by atoms with van der Waals surface area (Å²) in [6, 6.07) is 9.79. The van der Waals surface area contributed by atoms with E-state index < -0.39 is 29.3 Å². The molecule has 4 aliphatic heterocycles. The smallest absolute Gasteiger partial charge is 0.339 e. The fourth-order valence-corrected chi connectivity index (χ4v) is 6.91. The number of esters is 1. The molecule has 4 heterocycles. The van der Waals surface area contributed by atoms with Crippen LogP contribution in [0.1, 0.15) is 34.3 Å². The number of halogens is 1. The zero-order chi connectivity index (χ0) is 23.9. The van der Waals surface area contributed by atoms with Gasteiger partial charge < -0.3 is 10.1 Å². The minimum atomic E-state index is -1.32. The van der Waals surface area contributed by atoms with E-state index in [4.69, 9.17) is 16.3 Å². The first-order chi connectivity index (χ1) is 16.3. The average Bonchev–Trinajstić information content (AvgIpc) is 3.52. The predicted molar refractivity (Wildman–Crippen MR) is 123 cm³/mol. The van der Waals surface area contributed by atoms with Gasteiger partial charge in [-0.15, -0.1) is 0 Å². The highest BCUT2D eigenvalue weighted by atomic mass is 35.5. The van der Waals surface area contributed by atoms with Gasteiger partial charge in [0.15, 0.2) is 0 Å². The second-order valence-corrected chi connectivity index (χ2v) is 9.72. The van der Waals surface area contributed by atoms with E-state index in [1.54, 1.807) is 24.3 Å². The quantitative estimate of drug-likeness (QED) is 0.525. The largest absolute Gasteiger partial charge is 0.465 e. The van der Waals surface area contributed by atoms with Crippen LogP contribution in [0.2, 0.25) is 5.02 Å². The van der Waals surface area contributed by atoms with Gasteiger partial charge in [-0.2, -0.15) is 0 Å². The number of ether oxygens (including phenoxy) is 1. The van der Waals surface area contributed by atoms with Crippen LogP contribution in [0.3, 0.4) is 0 Å². The number of rotatable bonds is 2. The van der Waals surface area contributed by atoms with E-state index >= 15 is 0 Å². The van der Waals surface area contributed by atoms with Crippen molar-refractivity contribution >= 4 is 46.7 Å². The van der Waals surface area contributed by atoms with Crippen molar-refractivity contribution in [2.45, 2.75) is 31.3 Å². The lowest BCUT2D eigenvalue weighted by molar-refractivity contribution is -0.135. The molecule has 8 nitrogen and oxygen atoms in total. The molecule has 4 aliphatic rings. The highest BCUT2D eigenvalue weighted by molar-refractivity contribution is 6.35. The van der Waals surface area contributed by atoms with Gasteiger partial charge in [0.2, 0.25) is 11.8 Å². The molecule has 1 N–H and O–H groups in total. The molecule has 1 spiro atoms. The summed E-state index contributed by atoms with van der Waals surface area (Å²) in [7, 11) is 1.25. The van der Waals surface area contributed by atoms with E-state index in [1.165, 1.54) is 13.2 Å². The first-order valence-corrected chi connectivity index (χ1v) is 11.6. The third-order valence-corrected chi connectivity index (χ3v) is 8.05. The summed E-state index contributed by atoms with van der Waals surface area (Å²) in [6.07, 6.45) is 1.52. The molecular formula is C25H22ClN3O5. The Morgan fingerprint density at radius 1 is 1.18 bits per heavy atom. The van der Waals surface area contributed by atoms with E-state index in [2.05, 4.69) is 5.32 Å². The maximum absolute atomic E-state index is 14.1. The van der Waals surface area contributed by atoms with E-state index in [-0.39, 0.29) is 29.1 Å². The van der Waals surface area contributed by atoms with Crippen molar-refractivity contribution in [3.63, 3.8) is 0 Å². The number of carbonyl (C=O) groups excluding carboxylic acids is 4. The highest BCUT2D eigenvalue weighted by Gasteiger charge is 2.75. The Morgan fingerprint density at radius 2 is 1.94 bits per heavy atom.